The third kappa shape index (κ3) is 2.73. The van der Waals surface area contributed by atoms with Gasteiger partial charge in [-0.3, -0.25) is 4.98 Å². The van der Waals surface area contributed by atoms with Crippen molar-refractivity contribution in [2.45, 2.75) is 17.7 Å². The number of nitrogen functional groups attached to an aromatic ring is 1. The fraction of sp³-hybridized carbons (Fsp3) is 0.167. The Bertz CT molecular complexity index is 485. The first-order valence-electron chi connectivity index (χ1n) is 5.00. The lowest BCUT2D eigenvalue weighted by atomic mass is 10.1. The van der Waals surface area contributed by atoms with Crippen LogP contribution in [0.4, 0.5) is 5.82 Å². The third-order valence-electron chi connectivity index (χ3n) is 2.27. The predicted octanol–water partition coefficient (Wildman–Crippen LogP) is 2.66. The van der Waals surface area contributed by atoms with Crippen LogP contribution >= 0.6 is 11.8 Å². The van der Waals surface area contributed by atoms with Crippen molar-refractivity contribution in [1.29, 1.82) is 0 Å². The van der Waals surface area contributed by atoms with E-state index in [0.29, 0.717) is 5.82 Å². The normalized spacial score (nSPS) is 10.3. The lowest BCUT2D eigenvalue weighted by Crippen LogP contribution is -1.93. The van der Waals surface area contributed by atoms with Crippen molar-refractivity contribution in [2.75, 3.05) is 5.73 Å². The van der Waals surface area contributed by atoms with E-state index in [1.54, 1.807) is 24.2 Å². The predicted molar refractivity (Wildman–Crippen MR) is 67.2 cm³/mol. The summed E-state index contributed by atoms with van der Waals surface area (Å²) in [7, 11) is 0. The molecule has 16 heavy (non-hydrogen) atoms. The van der Waals surface area contributed by atoms with Gasteiger partial charge in [-0.1, -0.05) is 24.3 Å². The van der Waals surface area contributed by atoms with E-state index < -0.39 is 0 Å². The maximum absolute atomic E-state index is 5.57. The average molecular weight is 231 g/mol. The summed E-state index contributed by atoms with van der Waals surface area (Å²) >= 11 is 1.65. The Morgan fingerprint density at radius 1 is 1.25 bits per heavy atom. The summed E-state index contributed by atoms with van der Waals surface area (Å²) in [4.78, 5) is 8.21. The summed E-state index contributed by atoms with van der Waals surface area (Å²) in [6.07, 6.45) is 3.29. The fourth-order valence-electron chi connectivity index (χ4n) is 1.36. The van der Waals surface area contributed by atoms with Crippen molar-refractivity contribution in [3.63, 3.8) is 0 Å². The van der Waals surface area contributed by atoms with Gasteiger partial charge in [-0.25, -0.2) is 4.98 Å². The zero-order valence-electron chi connectivity index (χ0n) is 9.05. The highest BCUT2D eigenvalue weighted by molar-refractivity contribution is 7.98. The third-order valence-corrected chi connectivity index (χ3v) is 3.22. The summed E-state index contributed by atoms with van der Waals surface area (Å²) in [6, 6.07) is 8.33. The second-order valence-electron chi connectivity index (χ2n) is 3.50. The fourth-order valence-corrected chi connectivity index (χ4v) is 2.29. The topological polar surface area (TPSA) is 51.8 Å². The van der Waals surface area contributed by atoms with E-state index in [4.69, 9.17) is 5.73 Å². The van der Waals surface area contributed by atoms with Gasteiger partial charge in [-0.2, -0.15) is 0 Å². The molecule has 0 atom stereocenters. The number of anilines is 1. The molecule has 1 aromatic carbocycles. The number of hydrogen-bond acceptors (Lipinski definition) is 4. The van der Waals surface area contributed by atoms with Gasteiger partial charge in [0.05, 0.1) is 12.4 Å². The van der Waals surface area contributed by atoms with Crippen LogP contribution in [0.15, 0.2) is 41.7 Å². The molecular weight excluding hydrogens is 218 g/mol. The molecule has 1 heterocycles. The first-order chi connectivity index (χ1) is 7.75. The number of rotatable bonds is 3. The Balaban J connectivity index is 2.05. The summed E-state index contributed by atoms with van der Waals surface area (Å²) < 4.78 is 0. The van der Waals surface area contributed by atoms with Crippen LogP contribution in [0, 0.1) is 6.92 Å². The number of thioether (sulfide) groups is 1. The highest BCUT2D eigenvalue weighted by Gasteiger charge is 2.00. The molecule has 2 aromatic rings. The molecule has 1 aromatic heterocycles. The van der Waals surface area contributed by atoms with Crippen molar-refractivity contribution in [3.8, 4) is 0 Å². The molecule has 0 radical (unpaired) electrons. The maximum Gasteiger partial charge on any atom is 0.143 e. The zero-order valence-corrected chi connectivity index (χ0v) is 9.87. The van der Waals surface area contributed by atoms with E-state index in [1.807, 2.05) is 12.1 Å². The Labute approximate surface area is 99.1 Å². The van der Waals surface area contributed by atoms with Gasteiger partial charge < -0.3 is 5.73 Å². The van der Waals surface area contributed by atoms with Gasteiger partial charge in [0.1, 0.15) is 10.8 Å². The van der Waals surface area contributed by atoms with Gasteiger partial charge in [-0.15, -0.1) is 11.8 Å². The summed E-state index contributed by atoms with van der Waals surface area (Å²) in [6.45, 7) is 2.11. The largest absolute Gasteiger partial charge is 0.382 e. The molecule has 0 fully saturated rings. The molecular formula is C12H13N3S. The summed E-state index contributed by atoms with van der Waals surface area (Å²) in [5.41, 5.74) is 8.18. The lowest BCUT2D eigenvalue weighted by molar-refractivity contribution is 1.06. The van der Waals surface area contributed by atoms with E-state index in [9.17, 15) is 0 Å². The minimum Gasteiger partial charge on any atom is -0.382 e. The molecule has 2 N–H and O–H groups in total. The molecule has 82 valence electrons. The van der Waals surface area contributed by atoms with E-state index >= 15 is 0 Å². The minimum absolute atomic E-state index is 0.467. The summed E-state index contributed by atoms with van der Waals surface area (Å²) in [5.74, 6) is 1.36. The standard InChI is InChI=1S/C12H13N3S/c1-9-4-2-3-5-10(9)8-16-12-7-14-6-11(13)15-12/h2-7H,8H2,1H3,(H2,13,15). The van der Waals surface area contributed by atoms with Crippen molar-refractivity contribution >= 4 is 17.6 Å². The van der Waals surface area contributed by atoms with Crippen LogP contribution < -0.4 is 5.73 Å². The number of aromatic nitrogens is 2. The number of nitrogens with zero attached hydrogens (tertiary/aromatic N) is 2. The van der Waals surface area contributed by atoms with Gasteiger partial charge in [0.15, 0.2) is 0 Å². The van der Waals surface area contributed by atoms with Crippen LogP contribution in [0.5, 0.6) is 0 Å². The van der Waals surface area contributed by atoms with E-state index in [1.165, 1.54) is 11.1 Å². The average Bonchev–Trinajstić information content (AvgIpc) is 2.28. The van der Waals surface area contributed by atoms with Crippen LogP contribution in [-0.2, 0) is 5.75 Å². The van der Waals surface area contributed by atoms with Gasteiger partial charge >= 0.3 is 0 Å². The number of aryl methyl sites for hydroxylation is 1. The van der Waals surface area contributed by atoms with Crippen LogP contribution in [-0.4, -0.2) is 9.97 Å². The SMILES string of the molecule is Cc1ccccc1CSc1cncc(N)n1. The van der Waals surface area contributed by atoms with Crippen molar-refractivity contribution in [1.82, 2.24) is 9.97 Å². The molecule has 0 unspecified atom stereocenters. The molecule has 0 saturated carbocycles. The van der Waals surface area contributed by atoms with Crippen LogP contribution in [0.1, 0.15) is 11.1 Å². The molecule has 3 nitrogen and oxygen atoms in total. The second kappa shape index (κ2) is 4.99. The van der Waals surface area contributed by atoms with Crippen LogP contribution in [0.25, 0.3) is 0 Å². The van der Waals surface area contributed by atoms with Gasteiger partial charge in [0.2, 0.25) is 0 Å². The second-order valence-corrected chi connectivity index (χ2v) is 4.49. The molecule has 4 heteroatoms. The smallest absolute Gasteiger partial charge is 0.143 e. The molecule has 0 bridgehead atoms. The summed E-state index contributed by atoms with van der Waals surface area (Å²) in [5, 5.41) is 0.864. The number of hydrogen-bond donors (Lipinski definition) is 1. The number of nitrogens with two attached hydrogens (primary N) is 1. The van der Waals surface area contributed by atoms with Gasteiger partial charge in [0.25, 0.3) is 0 Å². The van der Waals surface area contributed by atoms with Crippen molar-refractivity contribution in [2.24, 2.45) is 0 Å². The lowest BCUT2D eigenvalue weighted by Gasteiger charge is -2.04. The Hall–Kier alpha value is -1.55. The van der Waals surface area contributed by atoms with E-state index in [-0.39, 0.29) is 0 Å². The van der Waals surface area contributed by atoms with E-state index in [0.717, 1.165) is 10.8 Å². The van der Waals surface area contributed by atoms with Crippen molar-refractivity contribution in [3.05, 3.63) is 47.8 Å². The monoisotopic (exact) mass is 231 g/mol. The molecule has 0 aliphatic heterocycles. The van der Waals surface area contributed by atoms with Crippen LogP contribution in [0.2, 0.25) is 0 Å². The highest BCUT2D eigenvalue weighted by Crippen LogP contribution is 2.22. The molecule has 0 aliphatic carbocycles. The molecule has 0 spiro atoms. The first kappa shape index (κ1) is 11.0. The van der Waals surface area contributed by atoms with Gasteiger partial charge in [-0.05, 0) is 18.1 Å². The zero-order chi connectivity index (χ0) is 11.4. The molecule has 0 saturated heterocycles. The first-order valence-corrected chi connectivity index (χ1v) is 5.99. The quantitative estimate of drug-likeness (QED) is 0.825. The Morgan fingerprint density at radius 2 is 2.06 bits per heavy atom. The molecule has 0 amide bonds. The van der Waals surface area contributed by atoms with E-state index in [2.05, 4.69) is 29.0 Å². The Morgan fingerprint density at radius 3 is 2.81 bits per heavy atom. The molecule has 2 rings (SSSR count). The maximum atomic E-state index is 5.57. The van der Waals surface area contributed by atoms with Gasteiger partial charge in [0, 0.05) is 5.75 Å². The van der Waals surface area contributed by atoms with Crippen LogP contribution in [0.3, 0.4) is 0 Å². The highest BCUT2D eigenvalue weighted by atomic mass is 32.2. The minimum atomic E-state index is 0.467. The number of benzene rings is 1. The molecule has 0 aliphatic rings. The van der Waals surface area contributed by atoms with Crippen molar-refractivity contribution < 1.29 is 0 Å². The Kier molecular flexibility index (Phi) is 3.41.